The number of nitrogens with two attached hydrogens (primary N) is 1. The third kappa shape index (κ3) is 2.41. The van der Waals surface area contributed by atoms with Gasteiger partial charge in [-0.3, -0.25) is 4.90 Å². The van der Waals surface area contributed by atoms with Crippen molar-refractivity contribution in [3.05, 3.63) is 12.3 Å². The molecule has 0 radical (unpaired) electrons. The van der Waals surface area contributed by atoms with E-state index in [0.717, 1.165) is 38.2 Å². The molecule has 0 unspecified atom stereocenters. The van der Waals surface area contributed by atoms with Crippen LogP contribution in [0.25, 0.3) is 0 Å². The van der Waals surface area contributed by atoms with Gasteiger partial charge >= 0.3 is 0 Å². The van der Waals surface area contributed by atoms with Gasteiger partial charge < -0.3 is 10.6 Å². The lowest BCUT2D eigenvalue weighted by molar-refractivity contribution is 0.187. The maximum Gasteiger partial charge on any atom is 0.227 e. The van der Waals surface area contributed by atoms with Crippen LogP contribution in [-0.4, -0.2) is 47.1 Å². The minimum atomic E-state index is 0.554. The first-order valence-electron chi connectivity index (χ1n) is 6.90. The molecule has 0 spiro atoms. The summed E-state index contributed by atoms with van der Waals surface area (Å²) in [6, 6.07) is 2.56. The number of nitrogens with zero attached hydrogens (tertiary/aromatic N) is 4. The zero-order valence-electron chi connectivity index (χ0n) is 10.8. The van der Waals surface area contributed by atoms with E-state index >= 15 is 0 Å². The lowest BCUT2D eigenvalue weighted by Gasteiger charge is -2.38. The SMILES string of the molecule is Nc1ccnc(N2CCN(C3CCCC3)CC2)n1. The van der Waals surface area contributed by atoms with E-state index in [1.165, 1.54) is 25.7 Å². The summed E-state index contributed by atoms with van der Waals surface area (Å²) in [5.41, 5.74) is 5.70. The van der Waals surface area contributed by atoms with E-state index in [1.54, 1.807) is 12.3 Å². The van der Waals surface area contributed by atoms with Crippen LogP contribution in [0.3, 0.4) is 0 Å². The van der Waals surface area contributed by atoms with E-state index in [2.05, 4.69) is 19.8 Å². The van der Waals surface area contributed by atoms with E-state index in [-0.39, 0.29) is 0 Å². The molecule has 18 heavy (non-hydrogen) atoms. The van der Waals surface area contributed by atoms with Crippen molar-refractivity contribution in [3.63, 3.8) is 0 Å². The zero-order chi connectivity index (χ0) is 12.4. The molecule has 2 aliphatic rings. The van der Waals surface area contributed by atoms with Crippen molar-refractivity contribution >= 4 is 11.8 Å². The smallest absolute Gasteiger partial charge is 0.227 e. The van der Waals surface area contributed by atoms with Crippen LogP contribution in [0.5, 0.6) is 0 Å². The van der Waals surface area contributed by atoms with Crippen LogP contribution < -0.4 is 10.6 Å². The van der Waals surface area contributed by atoms with Crippen LogP contribution >= 0.6 is 0 Å². The third-order valence-electron chi connectivity index (χ3n) is 4.10. The largest absolute Gasteiger partial charge is 0.384 e. The molecule has 0 amide bonds. The minimum Gasteiger partial charge on any atom is -0.384 e. The van der Waals surface area contributed by atoms with E-state index < -0.39 is 0 Å². The zero-order valence-corrected chi connectivity index (χ0v) is 10.8. The second-order valence-electron chi connectivity index (χ2n) is 5.24. The molecule has 3 rings (SSSR count). The third-order valence-corrected chi connectivity index (χ3v) is 4.10. The first-order chi connectivity index (χ1) is 8.83. The molecule has 1 aliphatic carbocycles. The standard InChI is InChI=1S/C13H21N5/c14-12-5-6-15-13(16-12)18-9-7-17(8-10-18)11-3-1-2-4-11/h5-6,11H,1-4,7-10H2,(H2,14,15,16). The van der Waals surface area contributed by atoms with Crippen LogP contribution in [0, 0.1) is 0 Å². The minimum absolute atomic E-state index is 0.554. The van der Waals surface area contributed by atoms with E-state index in [1.807, 2.05) is 0 Å². The van der Waals surface area contributed by atoms with Crippen LogP contribution in [0.1, 0.15) is 25.7 Å². The molecule has 1 aliphatic heterocycles. The normalized spacial score (nSPS) is 22.6. The molecule has 1 aromatic heterocycles. The number of rotatable bonds is 2. The first kappa shape index (κ1) is 11.7. The Morgan fingerprint density at radius 1 is 1.11 bits per heavy atom. The number of nitrogen functional groups attached to an aromatic ring is 1. The van der Waals surface area contributed by atoms with Crippen molar-refractivity contribution in [2.45, 2.75) is 31.7 Å². The molecule has 2 N–H and O–H groups in total. The predicted octanol–water partition coefficient (Wildman–Crippen LogP) is 1.12. The van der Waals surface area contributed by atoms with Gasteiger partial charge in [0, 0.05) is 38.4 Å². The number of hydrogen-bond acceptors (Lipinski definition) is 5. The molecule has 5 heteroatoms. The van der Waals surface area contributed by atoms with Gasteiger partial charge in [0.05, 0.1) is 0 Å². The summed E-state index contributed by atoms with van der Waals surface area (Å²) in [5, 5.41) is 0. The summed E-state index contributed by atoms with van der Waals surface area (Å²) < 4.78 is 0. The monoisotopic (exact) mass is 247 g/mol. The van der Waals surface area contributed by atoms with Crippen LogP contribution in [0.4, 0.5) is 11.8 Å². The molecule has 2 heterocycles. The Bertz CT molecular complexity index is 394. The quantitative estimate of drug-likeness (QED) is 0.849. The highest BCUT2D eigenvalue weighted by Crippen LogP contribution is 2.24. The fraction of sp³-hybridized carbons (Fsp3) is 0.692. The number of anilines is 2. The maximum absolute atomic E-state index is 5.70. The Kier molecular flexibility index (Phi) is 3.32. The van der Waals surface area contributed by atoms with Gasteiger partial charge in [-0.25, -0.2) is 4.98 Å². The Morgan fingerprint density at radius 3 is 2.50 bits per heavy atom. The van der Waals surface area contributed by atoms with E-state index in [9.17, 15) is 0 Å². The Hall–Kier alpha value is -1.36. The summed E-state index contributed by atoms with van der Waals surface area (Å²) in [6.45, 7) is 4.28. The molecule has 1 saturated heterocycles. The molecule has 5 nitrogen and oxygen atoms in total. The Balaban J connectivity index is 1.59. The highest BCUT2D eigenvalue weighted by Gasteiger charge is 2.26. The molecule has 2 fully saturated rings. The predicted molar refractivity (Wildman–Crippen MR) is 72.5 cm³/mol. The van der Waals surface area contributed by atoms with Crippen LogP contribution in [0.2, 0.25) is 0 Å². The lowest BCUT2D eigenvalue weighted by atomic mass is 10.2. The van der Waals surface area contributed by atoms with Crippen molar-refractivity contribution in [2.75, 3.05) is 36.8 Å². The van der Waals surface area contributed by atoms with Gasteiger partial charge in [-0.05, 0) is 18.9 Å². The van der Waals surface area contributed by atoms with Gasteiger partial charge in [0.15, 0.2) is 0 Å². The van der Waals surface area contributed by atoms with Crippen LogP contribution in [-0.2, 0) is 0 Å². The fourth-order valence-electron chi connectivity index (χ4n) is 3.07. The highest BCUT2D eigenvalue weighted by molar-refractivity contribution is 5.38. The summed E-state index contributed by atoms with van der Waals surface area (Å²) in [7, 11) is 0. The summed E-state index contributed by atoms with van der Waals surface area (Å²) in [6.07, 6.45) is 7.32. The second kappa shape index (κ2) is 5.10. The van der Waals surface area contributed by atoms with E-state index in [0.29, 0.717) is 5.82 Å². The molecule has 0 bridgehead atoms. The fourth-order valence-corrected chi connectivity index (χ4v) is 3.07. The average Bonchev–Trinajstić information content (AvgIpc) is 2.93. The highest BCUT2D eigenvalue weighted by atomic mass is 15.3. The maximum atomic E-state index is 5.70. The van der Waals surface area contributed by atoms with Gasteiger partial charge in [0.2, 0.25) is 5.95 Å². The molecule has 1 aromatic rings. The summed E-state index contributed by atoms with van der Waals surface area (Å²) >= 11 is 0. The first-order valence-corrected chi connectivity index (χ1v) is 6.90. The van der Waals surface area contributed by atoms with Crippen molar-refractivity contribution in [2.24, 2.45) is 0 Å². The van der Waals surface area contributed by atoms with Gasteiger partial charge in [-0.2, -0.15) is 4.98 Å². The van der Waals surface area contributed by atoms with Crippen LogP contribution in [0.15, 0.2) is 12.3 Å². The van der Waals surface area contributed by atoms with Gasteiger partial charge in [-0.15, -0.1) is 0 Å². The average molecular weight is 247 g/mol. The van der Waals surface area contributed by atoms with Crippen molar-refractivity contribution in [3.8, 4) is 0 Å². The van der Waals surface area contributed by atoms with Gasteiger partial charge in [-0.1, -0.05) is 12.8 Å². The second-order valence-corrected chi connectivity index (χ2v) is 5.24. The Labute approximate surface area is 108 Å². The number of hydrogen-bond donors (Lipinski definition) is 1. The summed E-state index contributed by atoms with van der Waals surface area (Å²) in [5.74, 6) is 1.33. The molecule has 0 atom stereocenters. The van der Waals surface area contributed by atoms with Crippen molar-refractivity contribution in [1.29, 1.82) is 0 Å². The van der Waals surface area contributed by atoms with Crippen molar-refractivity contribution < 1.29 is 0 Å². The molecular weight excluding hydrogens is 226 g/mol. The number of aromatic nitrogens is 2. The molecule has 1 saturated carbocycles. The molecule has 98 valence electrons. The number of piperazine rings is 1. The Morgan fingerprint density at radius 2 is 1.83 bits per heavy atom. The van der Waals surface area contributed by atoms with Gasteiger partial charge in [0.25, 0.3) is 0 Å². The van der Waals surface area contributed by atoms with E-state index in [4.69, 9.17) is 5.73 Å². The molecular formula is C13H21N5. The van der Waals surface area contributed by atoms with Crippen molar-refractivity contribution in [1.82, 2.24) is 14.9 Å². The topological polar surface area (TPSA) is 58.3 Å². The summed E-state index contributed by atoms with van der Waals surface area (Å²) in [4.78, 5) is 13.5. The lowest BCUT2D eigenvalue weighted by Crippen LogP contribution is -2.50. The molecule has 0 aromatic carbocycles. The van der Waals surface area contributed by atoms with Gasteiger partial charge in [0.1, 0.15) is 5.82 Å².